The summed E-state index contributed by atoms with van der Waals surface area (Å²) in [5, 5.41) is 7.70. The molecule has 5 atom stereocenters. The van der Waals surface area contributed by atoms with Crippen molar-refractivity contribution in [2.75, 3.05) is 6.54 Å². The molecule has 292 valence electrons. The molecule has 4 unspecified atom stereocenters. The van der Waals surface area contributed by atoms with Crippen LogP contribution in [0.15, 0.2) is 22.8 Å². The van der Waals surface area contributed by atoms with Gasteiger partial charge in [-0.25, -0.2) is 9.59 Å². The van der Waals surface area contributed by atoms with Crippen LogP contribution in [-0.4, -0.2) is 71.6 Å². The molecule has 1 aromatic heterocycles. The number of furan rings is 1. The average Bonchev–Trinajstić information content (AvgIpc) is 3.70. The first-order chi connectivity index (χ1) is 23.8. The van der Waals surface area contributed by atoms with E-state index in [-0.39, 0.29) is 24.0 Å². The van der Waals surface area contributed by atoms with E-state index in [1.54, 1.807) is 12.1 Å². The second kappa shape index (κ2) is 22.8. The summed E-state index contributed by atoms with van der Waals surface area (Å²) in [5.41, 5.74) is 4.46. The van der Waals surface area contributed by atoms with Gasteiger partial charge in [-0.1, -0.05) is 94.9 Å². The monoisotopic (exact) mass is 721 g/mol. The van der Waals surface area contributed by atoms with Gasteiger partial charge in [0.1, 0.15) is 24.5 Å². The lowest BCUT2D eigenvalue weighted by Crippen LogP contribution is -2.58. The van der Waals surface area contributed by atoms with Gasteiger partial charge in [-0.15, -0.1) is 0 Å². The molecule has 13 heteroatoms. The van der Waals surface area contributed by atoms with Crippen LogP contribution in [0.4, 0.5) is 4.79 Å². The summed E-state index contributed by atoms with van der Waals surface area (Å²) in [6.07, 6.45) is 7.92. The van der Waals surface area contributed by atoms with E-state index >= 15 is 0 Å². The summed E-state index contributed by atoms with van der Waals surface area (Å²) in [6.45, 7) is 24.8. The zero-order chi connectivity index (χ0) is 39.5. The second-order valence-corrected chi connectivity index (χ2v) is 15.3. The fraction of sp³-hybridized carbons (Fsp3) is 0.737. The molecule has 1 saturated heterocycles. The smallest absolute Gasteiger partial charge is 0.328 e. The second-order valence-electron chi connectivity index (χ2n) is 15.3. The van der Waals surface area contributed by atoms with E-state index in [4.69, 9.17) is 14.9 Å². The number of ether oxygens (including phenoxy) is 1. The fourth-order valence-electron chi connectivity index (χ4n) is 5.44. The largest absolute Gasteiger partial charge is 0.466 e. The van der Waals surface area contributed by atoms with Crippen LogP contribution in [0.2, 0.25) is 0 Å². The van der Waals surface area contributed by atoms with Crippen molar-refractivity contribution in [3.8, 4) is 0 Å². The highest BCUT2D eigenvalue weighted by Gasteiger charge is 2.43. The number of esters is 1. The van der Waals surface area contributed by atoms with Crippen molar-refractivity contribution in [2.24, 2.45) is 28.4 Å². The number of hydrogen-bond donors (Lipinski definition) is 4. The number of rotatable bonds is 12. The molecule has 5 amide bonds. The van der Waals surface area contributed by atoms with E-state index in [2.05, 4.69) is 57.5 Å². The third-order valence-corrected chi connectivity index (χ3v) is 8.73. The number of carbonyl (C=O) groups is 6. The first-order valence-electron chi connectivity index (χ1n) is 18.4. The van der Waals surface area contributed by atoms with Crippen LogP contribution in [0, 0.1) is 22.7 Å². The number of nitrogens with zero attached hydrogens (tertiary/aromatic N) is 1. The molecule has 13 nitrogen and oxygen atoms in total. The fourth-order valence-corrected chi connectivity index (χ4v) is 5.44. The number of nitrogens with two attached hydrogens (primary N) is 1. The van der Waals surface area contributed by atoms with Crippen LogP contribution in [0.3, 0.4) is 0 Å². The lowest BCUT2D eigenvalue weighted by atomic mass is 9.79. The minimum Gasteiger partial charge on any atom is -0.466 e. The number of likely N-dealkylation sites (tertiary alicyclic amines) is 1. The van der Waals surface area contributed by atoms with Crippen molar-refractivity contribution in [3.05, 3.63) is 24.2 Å². The van der Waals surface area contributed by atoms with E-state index in [0.29, 0.717) is 37.0 Å². The van der Waals surface area contributed by atoms with Crippen LogP contribution < -0.4 is 21.7 Å². The molecule has 0 spiro atoms. The van der Waals surface area contributed by atoms with Gasteiger partial charge in [0, 0.05) is 12.6 Å². The van der Waals surface area contributed by atoms with Crippen LogP contribution >= 0.6 is 0 Å². The van der Waals surface area contributed by atoms with Crippen molar-refractivity contribution < 1.29 is 37.9 Å². The summed E-state index contributed by atoms with van der Waals surface area (Å²) >= 11 is 0. The minimum absolute atomic E-state index is 0.00956. The van der Waals surface area contributed by atoms with Gasteiger partial charge < -0.3 is 35.7 Å². The number of carbonyl (C=O) groups excluding carboxylic acids is 6. The Morgan fingerprint density at radius 2 is 1.65 bits per heavy atom. The highest BCUT2D eigenvalue weighted by molar-refractivity contribution is 6.37. The number of Topliss-reactive ketones (excluding diaryl/α,β-unsaturated/α-hetero) is 1. The van der Waals surface area contributed by atoms with Crippen molar-refractivity contribution in [1.82, 2.24) is 20.9 Å². The molecule has 2 heterocycles. The maximum absolute atomic E-state index is 13.4. The lowest BCUT2D eigenvalue weighted by molar-refractivity contribution is -0.147. The van der Waals surface area contributed by atoms with Crippen LogP contribution in [0.25, 0.3) is 0 Å². The van der Waals surface area contributed by atoms with E-state index in [9.17, 15) is 28.8 Å². The average molecular weight is 722 g/mol. The van der Waals surface area contributed by atoms with Gasteiger partial charge in [0.05, 0.1) is 12.3 Å². The van der Waals surface area contributed by atoms with Gasteiger partial charge >= 0.3 is 12.0 Å². The van der Waals surface area contributed by atoms with E-state index in [1.807, 2.05) is 39.5 Å². The first kappa shape index (κ1) is 47.1. The number of ketones is 1. The lowest BCUT2D eigenvalue weighted by Gasteiger charge is -2.35. The van der Waals surface area contributed by atoms with Crippen LogP contribution in [-0.2, 0) is 35.3 Å². The predicted octanol–water partition coefficient (Wildman–Crippen LogP) is 5.50. The number of urea groups is 1. The first-order valence-corrected chi connectivity index (χ1v) is 18.4. The molecule has 0 radical (unpaired) electrons. The van der Waals surface area contributed by atoms with Crippen LogP contribution in [0.1, 0.15) is 127 Å². The summed E-state index contributed by atoms with van der Waals surface area (Å²) in [4.78, 5) is 72.2. The van der Waals surface area contributed by atoms with E-state index < -0.39 is 47.2 Å². The van der Waals surface area contributed by atoms with Crippen molar-refractivity contribution >= 4 is 36.0 Å². The topological polar surface area (TPSA) is 190 Å². The Labute approximate surface area is 305 Å². The minimum atomic E-state index is -0.983. The predicted molar refractivity (Wildman–Crippen MR) is 198 cm³/mol. The van der Waals surface area contributed by atoms with Gasteiger partial charge in [-0.05, 0) is 61.5 Å². The Balaban J connectivity index is 0.00000109. The van der Waals surface area contributed by atoms with E-state index in [0.717, 1.165) is 25.7 Å². The molecule has 1 aliphatic heterocycles. The van der Waals surface area contributed by atoms with Crippen molar-refractivity contribution in [1.29, 1.82) is 0 Å². The van der Waals surface area contributed by atoms with Crippen molar-refractivity contribution in [2.45, 2.75) is 152 Å². The molecule has 1 aromatic rings. The molecule has 5 N–H and O–H groups in total. The standard InChI is InChI=1S/C24H39N3O5.C9H14N2O3.C3H8.C2H6/c1-15-12-17(23(3,4)5)13-27(15)20(28)19(24(6,7)8)26-22(30)25-16(2)21(29)32-14-18-10-9-11-31-18;10-9(14)8(13)7(11-5-12)4-6-2-1-3-6;1-3-2;1-2/h9-11,15-17,19H,12-14H2,1-8H3,(H2,25,26,30);5-7H,1-4H2,(H2,10,14)(H,11,12);3H2,1-2H3;1-2H3/t15?,16?,17-,19?;;;/m1.../s1. The molecular weight excluding hydrogens is 654 g/mol. The molecule has 0 bridgehead atoms. The maximum atomic E-state index is 13.4. The van der Waals surface area contributed by atoms with Crippen molar-refractivity contribution in [3.63, 3.8) is 0 Å². The SMILES string of the molecule is CC.CC(NC(=O)NC(C(=O)N1C[C@H](C(C)(C)C)CC1C)C(C)(C)C)C(=O)OCc1ccco1.CCC.NC(=O)C(=O)C(CC1CCC1)NC=O. The zero-order valence-corrected chi connectivity index (χ0v) is 33.2. The molecule has 51 heavy (non-hydrogen) atoms. The Morgan fingerprint density at radius 3 is 2.06 bits per heavy atom. The summed E-state index contributed by atoms with van der Waals surface area (Å²) in [6, 6.07) is 0.590. The van der Waals surface area contributed by atoms with Gasteiger partial charge in [-0.3, -0.25) is 19.2 Å². The highest BCUT2D eigenvalue weighted by Crippen LogP contribution is 2.37. The van der Waals surface area contributed by atoms with Crippen LogP contribution in [0.5, 0.6) is 0 Å². The molecule has 0 aromatic carbocycles. The zero-order valence-electron chi connectivity index (χ0n) is 33.2. The molecule has 2 aliphatic rings. The van der Waals surface area contributed by atoms with Gasteiger partial charge in [0.25, 0.3) is 5.91 Å². The number of hydrogen-bond acceptors (Lipinski definition) is 8. The molecule has 1 saturated carbocycles. The number of amides is 5. The Kier molecular flexibility index (Phi) is 21.1. The maximum Gasteiger partial charge on any atom is 0.328 e. The molecular formula is C38H67N5O8. The number of primary amides is 1. The van der Waals surface area contributed by atoms with E-state index in [1.165, 1.54) is 19.6 Å². The Hall–Kier alpha value is -3.90. The van der Waals surface area contributed by atoms with Gasteiger partial charge in [-0.2, -0.15) is 0 Å². The molecule has 2 fully saturated rings. The normalized spacial score (nSPS) is 18.6. The molecule has 3 rings (SSSR count). The number of nitrogens with one attached hydrogen (secondary N) is 3. The highest BCUT2D eigenvalue weighted by atomic mass is 16.5. The summed E-state index contributed by atoms with van der Waals surface area (Å²) in [7, 11) is 0. The van der Waals surface area contributed by atoms with Gasteiger partial charge in [0.2, 0.25) is 18.1 Å². The molecule has 1 aliphatic carbocycles. The third-order valence-electron chi connectivity index (χ3n) is 8.73. The Morgan fingerprint density at radius 1 is 1.06 bits per heavy atom. The summed E-state index contributed by atoms with van der Waals surface area (Å²) < 4.78 is 10.3. The van der Waals surface area contributed by atoms with Gasteiger partial charge in [0.15, 0.2) is 0 Å². The quantitative estimate of drug-likeness (QED) is 0.124. The summed E-state index contributed by atoms with van der Waals surface area (Å²) in [5.74, 6) is -1.01. The third kappa shape index (κ3) is 16.8. The Bertz CT molecular complexity index is 1220.